The molecule has 0 N–H and O–H groups in total. The average Bonchev–Trinajstić information content (AvgIpc) is 1.33. The number of carbonyl (C=O) groups is 1. The van der Waals surface area contributed by atoms with Crippen LogP contribution in [0.4, 0.5) is 4.79 Å². The van der Waals surface area contributed by atoms with E-state index in [0.29, 0.717) is 0 Å². The largest absolute Gasteiger partial charge is 2.00 e. The first-order chi connectivity index (χ1) is 3.15. The maximum Gasteiger partial charge on any atom is 2.00 e. The van der Waals surface area contributed by atoms with E-state index in [1.165, 1.54) is 0 Å². The topological polar surface area (TPSA) is 97.3 Å². The van der Waals surface area contributed by atoms with Crippen LogP contribution in [-0.2, 0) is 9.59 Å². The molecule has 0 aromatic heterocycles. The van der Waals surface area contributed by atoms with Crippen molar-refractivity contribution in [1.29, 1.82) is 0 Å². The van der Waals surface area contributed by atoms with Crippen LogP contribution in [0, 0.1) is 0 Å². The fraction of sp³-hybridized carbons (Fsp3) is 0. The van der Waals surface area contributed by atoms with Crippen molar-refractivity contribution in [1.82, 2.24) is 0 Å². The fourth-order valence-corrected chi connectivity index (χ4v) is 0. The summed E-state index contributed by atoms with van der Waals surface area (Å²) in [4.78, 5) is 24.6. The summed E-state index contributed by atoms with van der Waals surface area (Å²) >= 11 is 0. The zero-order valence-electron chi connectivity index (χ0n) is 3.75. The van der Waals surface area contributed by atoms with Crippen LogP contribution < -0.4 is 10.2 Å². The Kier molecular flexibility index (Phi) is 30.8. The van der Waals surface area contributed by atoms with Crippen LogP contribution in [0.5, 0.6) is 0 Å². The fourth-order valence-electron chi connectivity index (χ4n) is 0. The van der Waals surface area contributed by atoms with Crippen LogP contribution in [0.25, 0.3) is 0 Å². The van der Waals surface area contributed by atoms with Gasteiger partial charge >= 0.3 is 51.6 Å². The molecule has 0 atom stereocenters. The third-order valence-corrected chi connectivity index (χ3v) is 0. The maximum absolute atomic E-state index is 8.33. The average molecular weight is 192 g/mol. The predicted octanol–water partition coefficient (Wildman–Crippen LogP) is -3.41. The molecule has 0 aliphatic carbocycles. The molecule has 5 nitrogen and oxygen atoms in total. The molecule has 6 heteroatoms. The van der Waals surface area contributed by atoms with Crippen LogP contribution in [-0.4, -0.2) is 57.8 Å². The molecule has 8 heavy (non-hydrogen) atoms. The van der Waals surface area contributed by atoms with E-state index in [2.05, 4.69) is 0 Å². The van der Waals surface area contributed by atoms with Gasteiger partial charge in [0, 0.05) is 0 Å². The first-order valence-corrected chi connectivity index (χ1v) is 1.02. The van der Waals surface area contributed by atoms with Gasteiger partial charge < -0.3 is 15.0 Å². The molecule has 0 unspecified atom stereocenters. The van der Waals surface area contributed by atoms with Crippen LogP contribution in [0.2, 0.25) is 0 Å². The summed E-state index contributed by atoms with van der Waals surface area (Å²) in [5.74, 6) is 0. The number of rotatable bonds is 0. The van der Waals surface area contributed by atoms with Gasteiger partial charge in [0.25, 0.3) is 0 Å². The molecule has 0 aliphatic heterocycles. The molecule has 0 aromatic carbocycles. The van der Waals surface area contributed by atoms with E-state index >= 15 is 0 Å². The van der Waals surface area contributed by atoms with Crippen molar-refractivity contribution in [2.75, 3.05) is 0 Å². The van der Waals surface area contributed by atoms with Gasteiger partial charge in [0.05, 0.1) is 0 Å². The second-order valence-corrected chi connectivity index (χ2v) is 0.333. The Morgan fingerprint density at radius 2 is 1.25 bits per heavy atom. The maximum atomic E-state index is 8.33. The first kappa shape index (κ1) is 15.7. The minimum atomic E-state index is -2.33. The first-order valence-electron chi connectivity index (χ1n) is 1.02. The summed E-state index contributed by atoms with van der Waals surface area (Å²) in [6.45, 7) is 0. The summed E-state index contributed by atoms with van der Waals surface area (Å²) in [7, 11) is 0. The van der Waals surface area contributed by atoms with Gasteiger partial charge in [-0.3, -0.25) is 0 Å². The zero-order chi connectivity index (χ0) is 6.28. The standard InChI is InChI=1S/CH2O3.CO2.Sr/c2-1(3)4;2-1-3;/h(H2,2,3,4);;/q;;+2/p-2. The van der Waals surface area contributed by atoms with Gasteiger partial charge in [-0.15, -0.1) is 0 Å². The van der Waals surface area contributed by atoms with Crippen molar-refractivity contribution in [2.24, 2.45) is 0 Å². The van der Waals surface area contributed by atoms with Gasteiger partial charge in [0.1, 0.15) is 0 Å². The Bertz CT molecular complexity index is 78.4. The summed E-state index contributed by atoms with van der Waals surface area (Å²) in [5, 5.41) is 16.7. The molecule has 0 bridgehead atoms. The van der Waals surface area contributed by atoms with Crippen LogP contribution in [0.1, 0.15) is 0 Å². The Morgan fingerprint density at radius 1 is 1.25 bits per heavy atom. The number of hydrogen-bond donors (Lipinski definition) is 0. The van der Waals surface area contributed by atoms with E-state index in [1.54, 1.807) is 0 Å². The Balaban J connectivity index is -0.0000000575. The molecule has 40 valence electrons. The molecule has 0 fully saturated rings. The normalized spacial score (nSPS) is 4.00. The van der Waals surface area contributed by atoms with E-state index in [-0.39, 0.29) is 51.6 Å². The molecule has 0 saturated carbocycles. The molecule has 0 saturated heterocycles. The second-order valence-electron chi connectivity index (χ2n) is 0.333. The molecule has 0 heterocycles. The predicted molar refractivity (Wildman–Crippen MR) is 16.2 cm³/mol. The van der Waals surface area contributed by atoms with Crippen molar-refractivity contribution >= 4 is 57.8 Å². The van der Waals surface area contributed by atoms with Crippen molar-refractivity contribution in [3.63, 3.8) is 0 Å². The van der Waals surface area contributed by atoms with Gasteiger partial charge in [0.15, 0.2) is 0 Å². The van der Waals surface area contributed by atoms with E-state index in [1.807, 2.05) is 0 Å². The van der Waals surface area contributed by atoms with Crippen molar-refractivity contribution < 1.29 is 24.6 Å². The van der Waals surface area contributed by atoms with Crippen LogP contribution >= 0.6 is 0 Å². The monoisotopic (exact) mass is 192 g/mol. The SMILES string of the molecule is O=C([O-])[O-].O=C=O.[Sr+2]. The van der Waals surface area contributed by atoms with Gasteiger partial charge in [0.2, 0.25) is 0 Å². The molecular formula is C2O5Sr. The Morgan fingerprint density at radius 3 is 1.25 bits per heavy atom. The quantitative estimate of drug-likeness (QED) is 0.372. The third-order valence-electron chi connectivity index (χ3n) is 0. The smallest absolute Gasteiger partial charge is 0.652 e. The number of carboxylic acid groups (broad SMARTS) is 2. The number of hydrogen-bond acceptors (Lipinski definition) is 5. The van der Waals surface area contributed by atoms with Crippen LogP contribution in [0.15, 0.2) is 0 Å². The van der Waals surface area contributed by atoms with Crippen molar-refractivity contribution in [2.45, 2.75) is 0 Å². The minimum absolute atomic E-state index is 0. The molecular weight excluding hydrogens is 192 g/mol. The molecule has 0 aromatic rings. The van der Waals surface area contributed by atoms with E-state index in [0.717, 1.165) is 0 Å². The minimum Gasteiger partial charge on any atom is -0.652 e. The van der Waals surface area contributed by atoms with Gasteiger partial charge in [-0.2, -0.15) is 9.59 Å². The summed E-state index contributed by atoms with van der Waals surface area (Å²) in [5.41, 5.74) is 0. The molecule has 0 aliphatic rings. The summed E-state index contributed by atoms with van der Waals surface area (Å²) < 4.78 is 0. The van der Waals surface area contributed by atoms with Gasteiger partial charge in [-0.05, 0) is 6.16 Å². The summed E-state index contributed by atoms with van der Waals surface area (Å²) in [6.07, 6.45) is -2.08. The zero-order valence-corrected chi connectivity index (χ0v) is 7.22. The molecule has 0 rings (SSSR count). The Hall–Kier alpha value is 0.131. The molecule has 0 spiro atoms. The van der Waals surface area contributed by atoms with Gasteiger partial charge in [-0.1, -0.05) is 0 Å². The van der Waals surface area contributed by atoms with E-state index in [4.69, 9.17) is 24.6 Å². The summed E-state index contributed by atoms with van der Waals surface area (Å²) in [6, 6.07) is 0. The molecule has 0 amide bonds. The van der Waals surface area contributed by atoms with E-state index in [9.17, 15) is 0 Å². The number of carbonyl (C=O) groups excluding carboxylic acids is 3. The third kappa shape index (κ3) is 9470. The molecule has 0 radical (unpaired) electrons. The van der Waals surface area contributed by atoms with Crippen LogP contribution in [0.3, 0.4) is 0 Å². The van der Waals surface area contributed by atoms with Crippen molar-refractivity contribution in [3.8, 4) is 0 Å². The van der Waals surface area contributed by atoms with E-state index < -0.39 is 6.16 Å². The van der Waals surface area contributed by atoms with Gasteiger partial charge in [-0.25, -0.2) is 0 Å². The Labute approximate surface area is 81.6 Å². The second kappa shape index (κ2) is 15.7. The van der Waals surface area contributed by atoms with Crippen molar-refractivity contribution in [3.05, 3.63) is 0 Å².